The number of ether oxygens (including phenoxy) is 2. The lowest BCUT2D eigenvalue weighted by atomic mass is 9.86. The number of carboxylic acids is 1. The summed E-state index contributed by atoms with van der Waals surface area (Å²) in [6.07, 6.45) is 0. The summed E-state index contributed by atoms with van der Waals surface area (Å²) in [6.45, 7) is 2.60. The molecule has 1 fully saturated rings. The Morgan fingerprint density at radius 3 is 2.14 bits per heavy atom. The Balaban J connectivity index is 2.07. The van der Waals surface area contributed by atoms with Crippen molar-refractivity contribution in [2.75, 3.05) is 27.3 Å². The number of carboxylic acid groups (broad SMARTS) is 1. The third-order valence-electron chi connectivity index (χ3n) is 3.89. The van der Waals surface area contributed by atoms with Crippen molar-refractivity contribution < 1.29 is 24.2 Å². The maximum atomic E-state index is 12.4. The smallest absolute Gasteiger partial charge is 0.306 e. The Bertz CT molecular complexity index is 529. The highest BCUT2D eigenvalue weighted by Crippen LogP contribution is 2.28. The van der Waals surface area contributed by atoms with Crippen LogP contribution in [0.25, 0.3) is 0 Å². The second-order valence-electron chi connectivity index (χ2n) is 5.20. The molecule has 6 nitrogen and oxygen atoms in total. The van der Waals surface area contributed by atoms with E-state index in [0.717, 1.165) is 0 Å². The van der Waals surface area contributed by atoms with Gasteiger partial charge in [0.05, 0.1) is 20.1 Å². The molecule has 0 aromatic heterocycles. The fourth-order valence-corrected chi connectivity index (χ4v) is 2.31. The predicted molar refractivity (Wildman–Crippen MR) is 75.7 cm³/mol. The van der Waals surface area contributed by atoms with Crippen LogP contribution in [0.1, 0.15) is 17.3 Å². The van der Waals surface area contributed by atoms with Gasteiger partial charge < -0.3 is 19.5 Å². The van der Waals surface area contributed by atoms with Gasteiger partial charge in [-0.05, 0) is 12.1 Å². The minimum atomic E-state index is -0.824. The summed E-state index contributed by atoms with van der Waals surface area (Å²) >= 11 is 0. The lowest BCUT2D eigenvalue weighted by Gasteiger charge is -2.41. The summed E-state index contributed by atoms with van der Waals surface area (Å²) < 4.78 is 10.3. The molecule has 1 heterocycles. The fourth-order valence-electron chi connectivity index (χ4n) is 2.31. The molecule has 1 unspecified atom stereocenters. The van der Waals surface area contributed by atoms with Crippen molar-refractivity contribution in [3.05, 3.63) is 23.8 Å². The third kappa shape index (κ3) is 3.09. The van der Waals surface area contributed by atoms with E-state index in [9.17, 15) is 9.59 Å². The molecule has 1 aromatic carbocycles. The van der Waals surface area contributed by atoms with E-state index in [4.69, 9.17) is 14.6 Å². The van der Waals surface area contributed by atoms with E-state index >= 15 is 0 Å². The Kier molecular flexibility index (Phi) is 4.35. The standard InChI is InChI=1S/C15H19NO5/c1-9(15(18)19)11-7-16(8-11)14(17)10-4-12(20-2)6-13(5-10)21-3/h4-6,9,11H,7-8H2,1-3H3,(H,18,19). The van der Waals surface area contributed by atoms with Gasteiger partial charge in [-0.25, -0.2) is 0 Å². The van der Waals surface area contributed by atoms with E-state index < -0.39 is 11.9 Å². The number of nitrogens with zero attached hydrogens (tertiary/aromatic N) is 1. The van der Waals surface area contributed by atoms with Gasteiger partial charge in [-0.3, -0.25) is 9.59 Å². The van der Waals surface area contributed by atoms with Crippen molar-refractivity contribution in [3.63, 3.8) is 0 Å². The summed E-state index contributed by atoms with van der Waals surface area (Å²) in [7, 11) is 3.05. The highest BCUT2D eigenvalue weighted by Gasteiger charge is 2.37. The number of hydrogen-bond donors (Lipinski definition) is 1. The molecule has 1 atom stereocenters. The number of amides is 1. The summed E-state index contributed by atoms with van der Waals surface area (Å²) in [5, 5.41) is 8.96. The van der Waals surface area contributed by atoms with Crippen LogP contribution in [0.15, 0.2) is 18.2 Å². The van der Waals surface area contributed by atoms with Crippen molar-refractivity contribution in [2.45, 2.75) is 6.92 Å². The van der Waals surface area contributed by atoms with Crippen LogP contribution in [-0.4, -0.2) is 49.2 Å². The normalized spacial score (nSPS) is 16.0. The van der Waals surface area contributed by atoms with Crippen LogP contribution in [0.3, 0.4) is 0 Å². The summed E-state index contributed by atoms with van der Waals surface area (Å²) in [5.74, 6) is -0.286. The molecule has 0 saturated carbocycles. The molecule has 21 heavy (non-hydrogen) atoms. The molecule has 2 rings (SSSR count). The van der Waals surface area contributed by atoms with Crippen LogP contribution >= 0.6 is 0 Å². The lowest BCUT2D eigenvalue weighted by molar-refractivity contribution is -0.144. The largest absolute Gasteiger partial charge is 0.497 e. The van der Waals surface area contributed by atoms with Gasteiger partial charge >= 0.3 is 5.97 Å². The SMILES string of the molecule is COc1cc(OC)cc(C(=O)N2CC(C(C)C(=O)O)C2)c1. The van der Waals surface area contributed by atoms with Crippen molar-refractivity contribution in [1.82, 2.24) is 4.90 Å². The van der Waals surface area contributed by atoms with Crippen molar-refractivity contribution in [3.8, 4) is 11.5 Å². The van der Waals surface area contributed by atoms with Gasteiger partial charge in [0, 0.05) is 30.6 Å². The minimum absolute atomic E-state index is 0.0129. The van der Waals surface area contributed by atoms with E-state index in [1.54, 1.807) is 30.0 Å². The molecule has 1 aromatic rings. The van der Waals surface area contributed by atoms with Gasteiger partial charge in [-0.2, -0.15) is 0 Å². The quantitative estimate of drug-likeness (QED) is 0.890. The third-order valence-corrected chi connectivity index (χ3v) is 3.89. The monoisotopic (exact) mass is 293 g/mol. The highest BCUT2D eigenvalue weighted by atomic mass is 16.5. The number of carbonyl (C=O) groups is 2. The maximum Gasteiger partial charge on any atom is 0.306 e. The highest BCUT2D eigenvalue weighted by molar-refractivity contribution is 5.95. The Hall–Kier alpha value is -2.24. The summed E-state index contributed by atoms with van der Waals surface area (Å²) in [5.41, 5.74) is 0.479. The first-order valence-electron chi connectivity index (χ1n) is 6.71. The molecular formula is C15H19NO5. The number of benzene rings is 1. The first-order valence-corrected chi connectivity index (χ1v) is 6.71. The van der Waals surface area contributed by atoms with Gasteiger partial charge in [0.25, 0.3) is 5.91 Å². The van der Waals surface area contributed by atoms with E-state index in [1.165, 1.54) is 14.2 Å². The molecule has 0 aliphatic carbocycles. The van der Waals surface area contributed by atoms with Gasteiger partial charge in [-0.1, -0.05) is 6.92 Å². The molecule has 0 radical (unpaired) electrons. The van der Waals surface area contributed by atoms with Crippen LogP contribution in [-0.2, 0) is 4.79 Å². The van der Waals surface area contributed by atoms with Gasteiger partial charge in [-0.15, -0.1) is 0 Å². The molecule has 1 aliphatic rings. The van der Waals surface area contributed by atoms with Gasteiger partial charge in [0.2, 0.25) is 0 Å². The molecular weight excluding hydrogens is 274 g/mol. The Morgan fingerprint density at radius 1 is 1.19 bits per heavy atom. The maximum absolute atomic E-state index is 12.4. The predicted octanol–water partition coefficient (Wildman–Crippen LogP) is 1.50. The molecule has 0 bridgehead atoms. The average Bonchev–Trinajstić information content (AvgIpc) is 2.44. The van der Waals surface area contributed by atoms with Crippen molar-refractivity contribution >= 4 is 11.9 Å². The number of hydrogen-bond acceptors (Lipinski definition) is 4. The molecule has 6 heteroatoms. The number of methoxy groups -OCH3 is 2. The molecule has 1 aliphatic heterocycles. The lowest BCUT2D eigenvalue weighted by Crippen LogP contribution is -2.53. The zero-order valence-corrected chi connectivity index (χ0v) is 12.3. The van der Waals surface area contributed by atoms with E-state index in [1.807, 2.05) is 0 Å². The first-order chi connectivity index (χ1) is 9.96. The second kappa shape index (κ2) is 6.03. The molecule has 1 saturated heterocycles. The summed E-state index contributed by atoms with van der Waals surface area (Å²) in [4.78, 5) is 24.9. The topological polar surface area (TPSA) is 76.1 Å². The van der Waals surface area contributed by atoms with Crippen LogP contribution in [0.4, 0.5) is 0 Å². The molecule has 0 spiro atoms. The van der Waals surface area contributed by atoms with Crippen LogP contribution in [0.2, 0.25) is 0 Å². The van der Waals surface area contributed by atoms with E-state index in [2.05, 4.69) is 0 Å². The molecule has 1 N–H and O–H groups in total. The van der Waals surface area contributed by atoms with E-state index in [0.29, 0.717) is 30.2 Å². The number of likely N-dealkylation sites (tertiary alicyclic amines) is 1. The van der Waals surface area contributed by atoms with Gasteiger partial charge in [0.15, 0.2) is 0 Å². The molecule has 1 amide bonds. The molecule has 114 valence electrons. The number of rotatable bonds is 5. The van der Waals surface area contributed by atoms with Crippen LogP contribution in [0, 0.1) is 11.8 Å². The van der Waals surface area contributed by atoms with Crippen molar-refractivity contribution in [2.24, 2.45) is 11.8 Å². The second-order valence-corrected chi connectivity index (χ2v) is 5.20. The Morgan fingerprint density at radius 2 is 1.71 bits per heavy atom. The first kappa shape index (κ1) is 15.2. The van der Waals surface area contributed by atoms with Crippen molar-refractivity contribution in [1.29, 1.82) is 0 Å². The van der Waals surface area contributed by atoms with E-state index in [-0.39, 0.29) is 11.8 Å². The van der Waals surface area contributed by atoms with Gasteiger partial charge in [0.1, 0.15) is 11.5 Å². The number of aliphatic carboxylic acids is 1. The summed E-state index contributed by atoms with van der Waals surface area (Å²) in [6, 6.07) is 5.00. The van der Waals surface area contributed by atoms with Crippen LogP contribution < -0.4 is 9.47 Å². The average molecular weight is 293 g/mol. The number of carbonyl (C=O) groups excluding carboxylic acids is 1. The fraction of sp³-hybridized carbons (Fsp3) is 0.467. The Labute approximate surface area is 123 Å². The zero-order valence-electron chi connectivity index (χ0n) is 12.3. The zero-order chi connectivity index (χ0) is 15.6. The minimum Gasteiger partial charge on any atom is -0.497 e. The van der Waals surface area contributed by atoms with Crippen LogP contribution in [0.5, 0.6) is 11.5 Å².